The number of aromatic nitrogens is 1. The van der Waals surface area contributed by atoms with Gasteiger partial charge in [-0.3, -0.25) is 19.9 Å². The van der Waals surface area contributed by atoms with Crippen LogP contribution in [0.1, 0.15) is 16.7 Å². The molecule has 172 valence electrons. The summed E-state index contributed by atoms with van der Waals surface area (Å²) >= 11 is 1.42. The molecule has 0 fully saturated rings. The van der Waals surface area contributed by atoms with E-state index < -0.39 is 11.0 Å². The quantitative estimate of drug-likeness (QED) is 0.312. The molecule has 0 saturated heterocycles. The highest BCUT2D eigenvalue weighted by Gasteiger charge is 2.41. The molecular formula is C26H19N5O3S. The third-order valence-electron chi connectivity index (χ3n) is 6.15. The number of aromatic amines is 1. The number of nitro groups is 1. The smallest absolute Gasteiger partial charge is 0.269 e. The third-order valence-corrected chi connectivity index (χ3v) is 7.16. The summed E-state index contributed by atoms with van der Waals surface area (Å²) in [6.07, 6.45) is 2.44. The molecule has 3 heterocycles. The number of nitrogens with one attached hydrogen (secondary N) is 1. The molecule has 0 unspecified atom stereocenters. The summed E-state index contributed by atoms with van der Waals surface area (Å²) in [6, 6.07) is 21.6. The number of amides is 1. The van der Waals surface area contributed by atoms with E-state index in [2.05, 4.69) is 4.98 Å². The van der Waals surface area contributed by atoms with E-state index in [9.17, 15) is 14.9 Å². The van der Waals surface area contributed by atoms with Crippen molar-refractivity contribution in [3.63, 3.8) is 0 Å². The van der Waals surface area contributed by atoms with Gasteiger partial charge in [0.05, 0.1) is 10.6 Å². The number of thioether (sulfide) groups is 1. The average Bonchev–Trinajstić information content (AvgIpc) is 3.44. The van der Waals surface area contributed by atoms with Gasteiger partial charge in [0.25, 0.3) is 11.6 Å². The monoisotopic (exact) mass is 481 g/mol. The summed E-state index contributed by atoms with van der Waals surface area (Å²) in [7, 11) is 0. The van der Waals surface area contributed by atoms with Crippen LogP contribution in [0, 0.1) is 10.1 Å². The summed E-state index contributed by atoms with van der Waals surface area (Å²) in [5.74, 6) is 1.04. The SMILES string of the molecule is O=C1[C@@H](Cc2c[nH]c3ccccc23)N=C2c3ccccc3N=C(SCc3ccc([N+](=O)[O-])cc3)N12. The zero-order valence-corrected chi connectivity index (χ0v) is 19.2. The maximum atomic E-state index is 13.6. The predicted molar refractivity (Wildman–Crippen MR) is 137 cm³/mol. The first-order chi connectivity index (χ1) is 17.1. The van der Waals surface area contributed by atoms with Gasteiger partial charge in [0.1, 0.15) is 11.9 Å². The van der Waals surface area contributed by atoms with Crippen molar-refractivity contribution in [1.29, 1.82) is 0 Å². The minimum atomic E-state index is -0.541. The van der Waals surface area contributed by atoms with Gasteiger partial charge >= 0.3 is 0 Å². The number of fused-ring (bicyclic) bond motifs is 4. The van der Waals surface area contributed by atoms with Crippen molar-refractivity contribution in [2.45, 2.75) is 18.2 Å². The molecule has 9 heteroatoms. The first-order valence-corrected chi connectivity index (χ1v) is 12.1. The van der Waals surface area contributed by atoms with Crippen LogP contribution < -0.4 is 0 Å². The van der Waals surface area contributed by atoms with Crippen molar-refractivity contribution in [2.24, 2.45) is 9.98 Å². The molecule has 2 aliphatic heterocycles. The van der Waals surface area contributed by atoms with Crippen LogP contribution in [0.15, 0.2) is 89.0 Å². The van der Waals surface area contributed by atoms with E-state index in [1.54, 1.807) is 17.0 Å². The molecule has 0 saturated carbocycles. The van der Waals surface area contributed by atoms with E-state index in [0.29, 0.717) is 23.2 Å². The Kier molecular flexibility index (Phi) is 5.18. The molecule has 1 amide bonds. The van der Waals surface area contributed by atoms with Crippen molar-refractivity contribution in [3.05, 3.63) is 106 Å². The number of para-hydroxylation sites is 2. The van der Waals surface area contributed by atoms with Gasteiger partial charge in [-0.1, -0.05) is 54.2 Å². The summed E-state index contributed by atoms with van der Waals surface area (Å²) in [5.41, 5.74) is 4.64. The number of carbonyl (C=O) groups is 1. The number of hydrogen-bond acceptors (Lipinski definition) is 6. The van der Waals surface area contributed by atoms with Crippen molar-refractivity contribution in [2.75, 3.05) is 0 Å². The molecule has 1 aromatic heterocycles. The van der Waals surface area contributed by atoms with E-state index in [1.807, 2.05) is 54.7 Å². The van der Waals surface area contributed by atoms with Crippen LogP contribution >= 0.6 is 11.8 Å². The number of benzene rings is 3. The van der Waals surface area contributed by atoms with Gasteiger partial charge in [-0.25, -0.2) is 9.89 Å². The summed E-state index contributed by atoms with van der Waals surface area (Å²) < 4.78 is 0. The number of nitrogens with zero attached hydrogens (tertiary/aromatic N) is 4. The molecule has 1 atom stereocenters. The zero-order chi connectivity index (χ0) is 23.9. The van der Waals surface area contributed by atoms with E-state index in [1.165, 1.54) is 23.9 Å². The van der Waals surface area contributed by atoms with Crippen molar-refractivity contribution in [1.82, 2.24) is 9.88 Å². The predicted octanol–water partition coefficient (Wildman–Crippen LogP) is 5.21. The van der Waals surface area contributed by atoms with E-state index in [4.69, 9.17) is 9.98 Å². The van der Waals surface area contributed by atoms with Crippen LogP contribution in [-0.4, -0.2) is 37.8 Å². The largest absolute Gasteiger partial charge is 0.361 e. The number of hydrogen-bond donors (Lipinski definition) is 1. The minimum Gasteiger partial charge on any atom is -0.361 e. The highest BCUT2D eigenvalue weighted by Crippen LogP contribution is 2.35. The molecule has 1 N–H and O–H groups in total. The molecule has 35 heavy (non-hydrogen) atoms. The van der Waals surface area contributed by atoms with Crippen molar-refractivity contribution >= 4 is 51.0 Å². The highest BCUT2D eigenvalue weighted by molar-refractivity contribution is 8.13. The fourth-order valence-corrected chi connectivity index (χ4v) is 5.36. The van der Waals surface area contributed by atoms with Gasteiger partial charge in [-0.05, 0) is 29.3 Å². The Morgan fingerprint density at radius 3 is 2.63 bits per heavy atom. The van der Waals surface area contributed by atoms with E-state index in [0.717, 1.165) is 33.3 Å². The van der Waals surface area contributed by atoms with Crippen LogP contribution in [-0.2, 0) is 17.0 Å². The van der Waals surface area contributed by atoms with Gasteiger partial charge in [0, 0.05) is 47.0 Å². The molecule has 0 bridgehead atoms. The molecule has 4 aromatic rings. The Balaban J connectivity index is 1.29. The maximum absolute atomic E-state index is 13.6. The Morgan fingerprint density at radius 2 is 1.80 bits per heavy atom. The van der Waals surface area contributed by atoms with Gasteiger partial charge in [0.15, 0.2) is 5.17 Å². The molecule has 0 radical (unpaired) electrons. The lowest BCUT2D eigenvalue weighted by atomic mass is 10.1. The molecule has 8 nitrogen and oxygen atoms in total. The lowest BCUT2D eigenvalue weighted by Crippen LogP contribution is -2.41. The van der Waals surface area contributed by atoms with Crippen LogP contribution in [0.5, 0.6) is 0 Å². The first-order valence-electron chi connectivity index (χ1n) is 11.1. The summed E-state index contributed by atoms with van der Waals surface area (Å²) in [6.45, 7) is 0. The van der Waals surface area contributed by atoms with Gasteiger partial charge in [0.2, 0.25) is 0 Å². The van der Waals surface area contributed by atoms with Crippen LogP contribution in [0.4, 0.5) is 11.4 Å². The second-order valence-electron chi connectivity index (χ2n) is 8.33. The number of rotatable bonds is 5. The molecule has 6 rings (SSSR count). The van der Waals surface area contributed by atoms with Crippen molar-refractivity contribution in [3.8, 4) is 0 Å². The first kappa shape index (κ1) is 21.3. The fraction of sp³-hybridized carbons (Fsp3) is 0.115. The highest BCUT2D eigenvalue weighted by atomic mass is 32.2. The van der Waals surface area contributed by atoms with Crippen LogP contribution in [0.2, 0.25) is 0 Å². The number of aliphatic imine (C=N–C) groups is 2. The molecule has 0 spiro atoms. The number of carbonyl (C=O) groups excluding carboxylic acids is 1. The second kappa shape index (κ2) is 8.52. The molecule has 3 aromatic carbocycles. The number of nitro benzene ring substituents is 1. The maximum Gasteiger partial charge on any atom is 0.269 e. The minimum absolute atomic E-state index is 0.0481. The third kappa shape index (κ3) is 3.79. The zero-order valence-electron chi connectivity index (χ0n) is 18.4. The standard InChI is InChI=1S/C26H19N5O3S/c32-25-23(13-17-14-27-21-7-3-1-5-19(17)21)28-24-20-6-2-4-8-22(20)29-26(30(24)25)35-15-16-9-11-18(12-10-16)31(33)34/h1-12,14,23,27H,13,15H2/t23-/m1/s1. The molecule has 0 aliphatic carbocycles. The van der Waals surface area contributed by atoms with Crippen molar-refractivity contribution < 1.29 is 9.72 Å². The average molecular weight is 482 g/mol. The Hall–Kier alpha value is -4.24. The molecular weight excluding hydrogens is 462 g/mol. The summed E-state index contributed by atoms with van der Waals surface area (Å²) in [4.78, 5) is 38.6. The topological polar surface area (TPSA) is 104 Å². The number of H-pyrrole nitrogens is 1. The van der Waals surface area contributed by atoms with Crippen LogP contribution in [0.25, 0.3) is 10.9 Å². The normalized spacial score (nSPS) is 16.6. The Morgan fingerprint density at radius 1 is 1.03 bits per heavy atom. The number of amidine groups is 2. The number of non-ortho nitro benzene ring substituents is 1. The van der Waals surface area contributed by atoms with Gasteiger partial charge in [-0.2, -0.15) is 0 Å². The van der Waals surface area contributed by atoms with E-state index >= 15 is 0 Å². The Bertz CT molecular complexity index is 1540. The second-order valence-corrected chi connectivity index (χ2v) is 9.27. The van der Waals surface area contributed by atoms with E-state index in [-0.39, 0.29) is 11.6 Å². The molecule has 2 aliphatic rings. The summed E-state index contributed by atoms with van der Waals surface area (Å²) in [5, 5.41) is 12.6. The van der Waals surface area contributed by atoms with Crippen LogP contribution in [0.3, 0.4) is 0 Å². The lowest BCUT2D eigenvalue weighted by molar-refractivity contribution is -0.384. The fourth-order valence-electron chi connectivity index (χ4n) is 4.40. The van der Waals surface area contributed by atoms with Gasteiger partial charge < -0.3 is 4.98 Å². The lowest BCUT2D eigenvalue weighted by Gasteiger charge is -2.25. The van der Waals surface area contributed by atoms with Gasteiger partial charge in [-0.15, -0.1) is 0 Å². The Labute approximate surface area is 204 Å².